The van der Waals surface area contributed by atoms with Gasteiger partial charge < -0.3 is 5.32 Å². The largest absolute Gasteiger partial charge is 0.316 e. The Labute approximate surface area is 128 Å². The van der Waals surface area contributed by atoms with E-state index in [1.54, 1.807) is 5.56 Å². The van der Waals surface area contributed by atoms with Crippen LogP contribution in [0.1, 0.15) is 57.9 Å². The molecule has 2 heteroatoms. The fourth-order valence-corrected chi connectivity index (χ4v) is 4.18. The van der Waals surface area contributed by atoms with Gasteiger partial charge in [-0.3, -0.25) is 0 Å². The third-order valence-corrected chi connectivity index (χ3v) is 5.50. The summed E-state index contributed by atoms with van der Waals surface area (Å²) in [6.07, 6.45) is 5.40. The Hall–Kier alpha value is -0.470. The Morgan fingerprint density at radius 2 is 2.05 bits per heavy atom. The van der Waals surface area contributed by atoms with Gasteiger partial charge in [0.1, 0.15) is 0 Å². The molecule has 0 spiro atoms. The van der Waals surface area contributed by atoms with Crippen molar-refractivity contribution in [2.24, 2.45) is 5.41 Å². The topological polar surface area (TPSA) is 12.0 Å². The molecule has 1 aliphatic rings. The van der Waals surface area contributed by atoms with Gasteiger partial charge in [0.15, 0.2) is 0 Å². The van der Waals surface area contributed by atoms with Gasteiger partial charge in [-0.15, -0.1) is 11.8 Å². The van der Waals surface area contributed by atoms with Crippen molar-refractivity contribution in [3.05, 3.63) is 29.8 Å². The van der Waals surface area contributed by atoms with E-state index in [0.29, 0.717) is 11.3 Å². The van der Waals surface area contributed by atoms with Crippen molar-refractivity contribution in [1.29, 1.82) is 0 Å². The lowest BCUT2D eigenvalue weighted by atomic mass is 9.86. The van der Waals surface area contributed by atoms with Crippen molar-refractivity contribution in [3.63, 3.8) is 0 Å². The summed E-state index contributed by atoms with van der Waals surface area (Å²) in [4.78, 5) is 1.49. The lowest BCUT2D eigenvalue weighted by molar-refractivity contribution is 0.301. The number of unbranched alkanes of at least 4 members (excludes halogenated alkanes) is 2. The molecular weight excluding hydrogens is 262 g/mol. The number of rotatable bonds is 8. The van der Waals surface area contributed by atoms with Crippen LogP contribution in [-0.4, -0.2) is 18.8 Å². The Kier molecular flexibility index (Phi) is 5.98. The average molecular weight is 292 g/mol. The van der Waals surface area contributed by atoms with Crippen LogP contribution in [0.2, 0.25) is 0 Å². The minimum absolute atomic E-state index is 0.431. The van der Waals surface area contributed by atoms with E-state index >= 15 is 0 Å². The lowest BCUT2D eigenvalue weighted by Crippen LogP contribution is -2.32. The van der Waals surface area contributed by atoms with E-state index in [1.165, 1.54) is 36.3 Å². The smallest absolute Gasteiger partial charge is 0.0108 e. The van der Waals surface area contributed by atoms with E-state index < -0.39 is 0 Å². The maximum absolute atomic E-state index is 3.72. The summed E-state index contributed by atoms with van der Waals surface area (Å²) in [5.74, 6) is 1.94. The molecule has 0 radical (unpaired) electrons. The van der Waals surface area contributed by atoms with Gasteiger partial charge >= 0.3 is 0 Å². The molecule has 0 saturated heterocycles. The van der Waals surface area contributed by atoms with Crippen LogP contribution < -0.4 is 5.32 Å². The second-order valence-electron chi connectivity index (χ2n) is 6.80. The number of benzene rings is 1. The molecule has 0 amide bonds. The fraction of sp³-hybridized carbons (Fsp3) is 0.667. The molecule has 1 nitrogen and oxygen atoms in total. The lowest BCUT2D eigenvalue weighted by Gasteiger charge is -2.26. The maximum Gasteiger partial charge on any atom is 0.0108 e. The van der Waals surface area contributed by atoms with Crippen LogP contribution in [0.3, 0.4) is 0 Å². The predicted molar refractivity (Wildman–Crippen MR) is 90.7 cm³/mol. The second kappa shape index (κ2) is 7.51. The zero-order valence-corrected chi connectivity index (χ0v) is 14.1. The minimum atomic E-state index is 0.431. The van der Waals surface area contributed by atoms with Crippen LogP contribution in [0, 0.1) is 5.41 Å². The second-order valence-corrected chi connectivity index (χ2v) is 7.86. The molecule has 1 N–H and O–H groups in total. The molecule has 1 aromatic rings. The SMILES string of the molecule is CCCCCC(C)(C)CNCC1CSc2ccccc21. The monoisotopic (exact) mass is 291 g/mol. The molecule has 1 aliphatic heterocycles. The number of hydrogen-bond acceptors (Lipinski definition) is 2. The minimum Gasteiger partial charge on any atom is -0.316 e. The molecule has 1 unspecified atom stereocenters. The van der Waals surface area contributed by atoms with E-state index in [1.807, 2.05) is 11.8 Å². The van der Waals surface area contributed by atoms with Crippen LogP contribution >= 0.6 is 11.8 Å². The van der Waals surface area contributed by atoms with Gasteiger partial charge in [-0.25, -0.2) is 0 Å². The molecule has 0 aliphatic carbocycles. The van der Waals surface area contributed by atoms with Crippen LogP contribution in [0.4, 0.5) is 0 Å². The zero-order chi connectivity index (χ0) is 14.4. The van der Waals surface area contributed by atoms with Gasteiger partial charge in [0, 0.05) is 29.7 Å². The van der Waals surface area contributed by atoms with E-state index in [-0.39, 0.29) is 0 Å². The van der Waals surface area contributed by atoms with Gasteiger partial charge in [0.2, 0.25) is 0 Å². The Bertz CT molecular complexity index is 414. The van der Waals surface area contributed by atoms with Crippen molar-refractivity contribution < 1.29 is 0 Å². The van der Waals surface area contributed by atoms with Gasteiger partial charge in [-0.1, -0.05) is 58.2 Å². The van der Waals surface area contributed by atoms with Gasteiger partial charge in [0.05, 0.1) is 0 Å². The number of hydrogen-bond donors (Lipinski definition) is 1. The number of nitrogens with one attached hydrogen (secondary N) is 1. The van der Waals surface area contributed by atoms with Crippen LogP contribution in [0.5, 0.6) is 0 Å². The van der Waals surface area contributed by atoms with Crippen molar-refractivity contribution in [3.8, 4) is 0 Å². The van der Waals surface area contributed by atoms with Crippen molar-refractivity contribution >= 4 is 11.8 Å². The molecule has 1 aromatic carbocycles. The van der Waals surface area contributed by atoms with E-state index in [9.17, 15) is 0 Å². The molecule has 0 fully saturated rings. The first-order valence-corrected chi connectivity index (χ1v) is 9.03. The van der Waals surface area contributed by atoms with Gasteiger partial charge in [-0.2, -0.15) is 0 Å². The molecular formula is C18H29NS. The quantitative estimate of drug-likeness (QED) is 0.671. The summed E-state index contributed by atoms with van der Waals surface area (Å²) >= 11 is 2.01. The summed E-state index contributed by atoms with van der Waals surface area (Å²) in [5.41, 5.74) is 1.98. The van der Waals surface area contributed by atoms with Gasteiger partial charge in [0.25, 0.3) is 0 Å². The molecule has 0 aromatic heterocycles. The summed E-state index contributed by atoms with van der Waals surface area (Å²) < 4.78 is 0. The van der Waals surface area contributed by atoms with Gasteiger partial charge in [-0.05, 0) is 23.5 Å². The van der Waals surface area contributed by atoms with E-state index in [2.05, 4.69) is 50.4 Å². The number of thioether (sulfide) groups is 1. The van der Waals surface area contributed by atoms with Crippen molar-refractivity contribution in [2.75, 3.05) is 18.8 Å². The highest BCUT2D eigenvalue weighted by atomic mass is 32.2. The third-order valence-electron chi connectivity index (χ3n) is 4.25. The fourth-order valence-electron chi connectivity index (χ4n) is 2.93. The summed E-state index contributed by atoms with van der Waals surface area (Å²) in [5, 5.41) is 3.72. The Balaban J connectivity index is 1.74. The van der Waals surface area contributed by atoms with E-state index in [0.717, 1.165) is 13.1 Å². The molecule has 1 heterocycles. The first-order valence-electron chi connectivity index (χ1n) is 8.05. The summed E-state index contributed by atoms with van der Waals surface area (Å²) in [6, 6.07) is 8.88. The first-order chi connectivity index (χ1) is 9.62. The summed E-state index contributed by atoms with van der Waals surface area (Å²) in [6.45, 7) is 9.34. The molecule has 20 heavy (non-hydrogen) atoms. The molecule has 0 saturated carbocycles. The normalized spacial score (nSPS) is 18.2. The highest BCUT2D eigenvalue weighted by Gasteiger charge is 2.23. The number of fused-ring (bicyclic) bond motifs is 1. The van der Waals surface area contributed by atoms with Crippen molar-refractivity contribution in [2.45, 2.75) is 57.3 Å². The van der Waals surface area contributed by atoms with Crippen molar-refractivity contribution in [1.82, 2.24) is 5.32 Å². The Morgan fingerprint density at radius 3 is 2.85 bits per heavy atom. The maximum atomic E-state index is 3.72. The molecule has 2 rings (SSSR count). The molecule has 0 bridgehead atoms. The summed E-state index contributed by atoms with van der Waals surface area (Å²) in [7, 11) is 0. The third kappa shape index (κ3) is 4.53. The highest BCUT2D eigenvalue weighted by Crippen LogP contribution is 2.38. The van der Waals surface area contributed by atoms with Crippen LogP contribution in [0.15, 0.2) is 29.2 Å². The van der Waals surface area contributed by atoms with Crippen LogP contribution in [0.25, 0.3) is 0 Å². The first kappa shape index (κ1) is 15.9. The highest BCUT2D eigenvalue weighted by molar-refractivity contribution is 7.99. The predicted octanol–water partition coefficient (Wildman–Crippen LogP) is 5.07. The molecule has 1 atom stereocenters. The van der Waals surface area contributed by atoms with E-state index in [4.69, 9.17) is 0 Å². The molecule has 112 valence electrons. The standard InChI is InChI=1S/C18H29NS/c1-4-5-8-11-18(2,3)14-19-12-15-13-20-17-10-7-6-9-16(15)17/h6-7,9-10,15,19H,4-5,8,11-14H2,1-3H3. The zero-order valence-electron chi connectivity index (χ0n) is 13.2. The average Bonchev–Trinajstić information content (AvgIpc) is 2.82. The Morgan fingerprint density at radius 1 is 1.25 bits per heavy atom. The van der Waals surface area contributed by atoms with Crippen LogP contribution in [-0.2, 0) is 0 Å².